The van der Waals surface area contributed by atoms with E-state index in [9.17, 15) is 13.2 Å². The molecule has 29 heavy (non-hydrogen) atoms. The van der Waals surface area contributed by atoms with Crippen molar-refractivity contribution in [2.45, 2.75) is 37.6 Å². The zero-order chi connectivity index (χ0) is 20.8. The van der Waals surface area contributed by atoms with E-state index < -0.39 is 22.0 Å². The number of hydrogen-bond acceptors (Lipinski definition) is 6. The fraction of sp³-hybridized carbons (Fsp3) is 0.316. The van der Waals surface area contributed by atoms with Gasteiger partial charge in [-0.2, -0.15) is 9.82 Å². The highest BCUT2D eigenvalue weighted by molar-refractivity contribution is 7.89. The van der Waals surface area contributed by atoms with E-state index >= 15 is 0 Å². The molecular formula is C19H21N5O3S2. The van der Waals surface area contributed by atoms with E-state index in [0.717, 1.165) is 40.2 Å². The van der Waals surface area contributed by atoms with Gasteiger partial charge in [0.25, 0.3) is 0 Å². The molecule has 0 spiro atoms. The minimum absolute atomic E-state index is 0.122. The van der Waals surface area contributed by atoms with Crippen LogP contribution in [-0.4, -0.2) is 35.1 Å². The Morgan fingerprint density at radius 3 is 2.69 bits per heavy atom. The minimum atomic E-state index is -3.79. The van der Waals surface area contributed by atoms with Gasteiger partial charge in [0.15, 0.2) is 5.13 Å². The smallest absolute Gasteiger partial charge is 0.244 e. The van der Waals surface area contributed by atoms with Crippen LogP contribution in [0.15, 0.2) is 35.4 Å². The normalized spacial score (nSPS) is 14.2. The third-order valence-corrected chi connectivity index (χ3v) is 7.48. The Bertz CT molecular complexity index is 1180. The molecule has 0 saturated heterocycles. The Kier molecular flexibility index (Phi) is 5.01. The monoisotopic (exact) mass is 431 g/mol. The summed E-state index contributed by atoms with van der Waals surface area (Å²) in [5, 5.41) is 7.48. The molecule has 1 atom stereocenters. The van der Waals surface area contributed by atoms with Gasteiger partial charge in [-0.25, -0.2) is 13.4 Å². The number of thiazole rings is 1. The summed E-state index contributed by atoms with van der Waals surface area (Å²) >= 11 is 1.41. The molecule has 1 aliphatic rings. The molecule has 0 aliphatic heterocycles. The van der Waals surface area contributed by atoms with Crippen LogP contribution in [0.4, 0.5) is 5.13 Å². The van der Waals surface area contributed by atoms with Gasteiger partial charge in [-0.3, -0.25) is 9.48 Å². The van der Waals surface area contributed by atoms with Crippen molar-refractivity contribution in [3.63, 3.8) is 0 Å². The van der Waals surface area contributed by atoms with Crippen molar-refractivity contribution >= 4 is 32.4 Å². The molecule has 152 valence electrons. The average Bonchev–Trinajstić information content (AvgIpc) is 3.24. The van der Waals surface area contributed by atoms with E-state index in [1.54, 1.807) is 18.3 Å². The number of rotatable bonds is 5. The summed E-state index contributed by atoms with van der Waals surface area (Å²) in [7, 11) is -1.89. The second-order valence-electron chi connectivity index (χ2n) is 7.06. The molecule has 0 bridgehead atoms. The first kappa shape index (κ1) is 19.7. The minimum Gasteiger partial charge on any atom is -0.301 e. The zero-order valence-corrected chi connectivity index (χ0v) is 17.9. The molecule has 2 aromatic heterocycles. The average molecular weight is 432 g/mol. The molecule has 1 aromatic carbocycles. The lowest BCUT2D eigenvalue weighted by Crippen LogP contribution is -2.41. The predicted octanol–water partition coefficient (Wildman–Crippen LogP) is 2.26. The number of hydrogen-bond donors (Lipinski definition) is 2. The molecular weight excluding hydrogens is 410 g/mol. The molecule has 0 fully saturated rings. The standard InChI is InChI=1S/C19H21N5O3S2/c1-11-4-6-13(7-5-11)29(26,27)23-12(2)18(25)22-19-21-17-14-10-20-24(3)15(14)8-9-16(17)28-19/h4-7,10,12,23H,8-9H2,1-3H3,(H,21,22,25). The van der Waals surface area contributed by atoms with Crippen molar-refractivity contribution in [3.8, 4) is 11.3 Å². The molecule has 1 aliphatic carbocycles. The Morgan fingerprint density at radius 1 is 1.24 bits per heavy atom. The number of carbonyl (C=O) groups excluding carboxylic acids is 1. The number of fused-ring (bicyclic) bond motifs is 3. The van der Waals surface area contributed by atoms with Gasteiger partial charge < -0.3 is 5.32 Å². The SMILES string of the molecule is Cc1ccc(S(=O)(=O)NC(C)C(=O)Nc2nc3c(s2)CCc2c-3cnn2C)cc1. The molecule has 2 heterocycles. The first-order valence-corrected chi connectivity index (χ1v) is 11.5. The second kappa shape index (κ2) is 7.36. The number of benzene rings is 1. The van der Waals surface area contributed by atoms with E-state index in [1.165, 1.54) is 30.4 Å². The molecule has 3 aromatic rings. The molecule has 0 radical (unpaired) electrons. The van der Waals surface area contributed by atoms with Crippen molar-refractivity contribution in [3.05, 3.63) is 46.6 Å². The largest absolute Gasteiger partial charge is 0.301 e. The molecule has 10 heteroatoms. The quantitative estimate of drug-likeness (QED) is 0.645. The van der Waals surface area contributed by atoms with Crippen LogP contribution in [0.5, 0.6) is 0 Å². The molecule has 8 nitrogen and oxygen atoms in total. The maximum Gasteiger partial charge on any atom is 0.244 e. The molecule has 1 amide bonds. The number of nitrogens with zero attached hydrogens (tertiary/aromatic N) is 3. The van der Waals surface area contributed by atoms with Crippen LogP contribution < -0.4 is 10.0 Å². The first-order valence-electron chi connectivity index (χ1n) is 9.15. The zero-order valence-electron chi connectivity index (χ0n) is 16.3. The first-order chi connectivity index (χ1) is 13.7. The van der Waals surface area contributed by atoms with Gasteiger partial charge in [0.2, 0.25) is 15.9 Å². The Morgan fingerprint density at radius 2 is 1.97 bits per heavy atom. The van der Waals surface area contributed by atoms with Gasteiger partial charge in [-0.05, 0) is 38.8 Å². The molecule has 0 saturated carbocycles. The van der Waals surface area contributed by atoms with Crippen LogP contribution in [0.2, 0.25) is 0 Å². The highest BCUT2D eigenvalue weighted by Crippen LogP contribution is 2.37. The summed E-state index contributed by atoms with van der Waals surface area (Å²) in [6, 6.07) is 5.51. The Hall–Kier alpha value is -2.56. The van der Waals surface area contributed by atoms with Crippen molar-refractivity contribution in [2.24, 2.45) is 7.05 Å². The maximum absolute atomic E-state index is 12.6. The fourth-order valence-electron chi connectivity index (χ4n) is 3.26. The summed E-state index contributed by atoms with van der Waals surface area (Å²) in [6.45, 7) is 3.38. The van der Waals surface area contributed by atoms with Gasteiger partial charge in [0.1, 0.15) is 0 Å². The van der Waals surface area contributed by atoms with Gasteiger partial charge in [-0.1, -0.05) is 17.7 Å². The third-order valence-electron chi connectivity index (χ3n) is 4.89. The molecule has 1 unspecified atom stereocenters. The van der Waals surface area contributed by atoms with Gasteiger partial charge >= 0.3 is 0 Å². The summed E-state index contributed by atoms with van der Waals surface area (Å²) in [5.41, 5.74) is 3.91. The van der Waals surface area contributed by atoms with Gasteiger partial charge in [0.05, 0.1) is 22.8 Å². The predicted molar refractivity (Wildman–Crippen MR) is 111 cm³/mol. The maximum atomic E-state index is 12.6. The highest BCUT2D eigenvalue weighted by Gasteiger charge is 2.26. The number of sulfonamides is 1. The van der Waals surface area contributed by atoms with Gasteiger partial charge in [0, 0.05) is 23.2 Å². The van der Waals surface area contributed by atoms with E-state index in [2.05, 4.69) is 20.1 Å². The van der Waals surface area contributed by atoms with E-state index in [0.29, 0.717) is 5.13 Å². The number of aryl methyl sites for hydroxylation is 3. The lowest BCUT2D eigenvalue weighted by molar-refractivity contribution is -0.117. The summed E-state index contributed by atoms with van der Waals surface area (Å²) in [5.74, 6) is -0.460. The number of aromatic nitrogens is 3. The number of anilines is 1. The molecule has 2 N–H and O–H groups in total. The second-order valence-corrected chi connectivity index (χ2v) is 9.86. The Labute approximate surface area is 173 Å². The van der Waals surface area contributed by atoms with E-state index in [4.69, 9.17) is 0 Å². The Balaban J connectivity index is 1.47. The topological polar surface area (TPSA) is 106 Å². The highest BCUT2D eigenvalue weighted by atomic mass is 32.2. The fourth-order valence-corrected chi connectivity index (χ4v) is 5.44. The van der Waals surface area contributed by atoms with Crippen molar-refractivity contribution in [1.29, 1.82) is 0 Å². The van der Waals surface area contributed by atoms with E-state index in [1.807, 2.05) is 18.7 Å². The van der Waals surface area contributed by atoms with Gasteiger partial charge in [-0.15, -0.1) is 11.3 Å². The van der Waals surface area contributed by atoms with Crippen LogP contribution in [0.3, 0.4) is 0 Å². The van der Waals surface area contributed by atoms with Crippen LogP contribution in [0, 0.1) is 6.92 Å². The lowest BCUT2D eigenvalue weighted by Gasteiger charge is -2.13. The van der Waals surface area contributed by atoms with Crippen molar-refractivity contribution < 1.29 is 13.2 Å². The van der Waals surface area contributed by atoms with Crippen molar-refractivity contribution in [2.75, 3.05) is 5.32 Å². The van der Waals surface area contributed by atoms with Crippen molar-refractivity contribution in [1.82, 2.24) is 19.5 Å². The van der Waals surface area contributed by atoms with Crippen LogP contribution in [-0.2, 0) is 34.7 Å². The van der Waals surface area contributed by atoms with Crippen LogP contribution >= 0.6 is 11.3 Å². The van der Waals surface area contributed by atoms with Crippen LogP contribution in [0.25, 0.3) is 11.3 Å². The third kappa shape index (κ3) is 3.83. The summed E-state index contributed by atoms with van der Waals surface area (Å²) in [6.07, 6.45) is 3.50. The van der Waals surface area contributed by atoms with Crippen LogP contribution in [0.1, 0.15) is 23.1 Å². The molecule has 4 rings (SSSR count). The number of nitrogens with one attached hydrogen (secondary N) is 2. The van der Waals surface area contributed by atoms with E-state index in [-0.39, 0.29) is 4.90 Å². The summed E-state index contributed by atoms with van der Waals surface area (Å²) < 4.78 is 29.3. The lowest BCUT2D eigenvalue weighted by atomic mass is 10.0. The summed E-state index contributed by atoms with van der Waals surface area (Å²) in [4.78, 5) is 18.3. The number of amides is 1. The number of carbonyl (C=O) groups is 1.